The summed E-state index contributed by atoms with van der Waals surface area (Å²) in [4.78, 5) is 12.7. The Morgan fingerprint density at radius 2 is 1.81 bits per heavy atom. The fourth-order valence-electron chi connectivity index (χ4n) is 2.47. The van der Waals surface area contributed by atoms with Gasteiger partial charge in [0.2, 0.25) is 5.91 Å². The number of thioether (sulfide) groups is 1. The van der Waals surface area contributed by atoms with Gasteiger partial charge in [-0.3, -0.25) is 9.52 Å². The number of ether oxygens (including phenoxy) is 2. The van der Waals surface area contributed by atoms with E-state index < -0.39 is 10.0 Å². The first-order chi connectivity index (χ1) is 12.3. The predicted molar refractivity (Wildman–Crippen MR) is 101 cm³/mol. The third-order valence-electron chi connectivity index (χ3n) is 3.83. The van der Waals surface area contributed by atoms with Crippen LogP contribution in [0.15, 0.2) is 46.2 Å². The van der Waals surface area contributed by atoms with Gasteiger partial charge in [-0.2, -0.15) is 0 Å². The van der Waals surface area contributed by atoms with Crippen molar-refractivity contribution >= 4 is 39.1 Å². The van der Waals surface area contributed by atoms with E-state index in [1.807, 2.05) is 0 Å². The Morgan fingerprint density at radius 1 is 1.08 bits per heavy atom. The Labute approximate surface area is 156 Å². The highest BCUT2D eigenvalue weighted by Gasteiger charge is 2.25. The van der Waals surface area contributed by atoms with Crippen LogP contribution in [0.2, 0.25) is 0 Å². The lowest BCUT2D eigenvalue weighted by Gasteiger charge is -2.22. The quantitative estimate of drug-likeness (QED) is 0.810. The number of amides is 1. The van der Waals surface area contributed by atoms with Crippen LogP contribution in [0.25, 0.3) is 0 Å². The van der Waals surface area contributed by atoms with Crippen molar-refractivity contribution in [3.8, 4) is 11.5 Å². The van der Waals surface area contributed by atoms with E-state index in [2.05, 4.69) is 10.0 Å². The normalized spacial score (nSPS) is 16.4. The Kier molecular flexibility index (Phi) is 5.01. The predicted octanol–water partition coefficient (Wildman–Crippen LogP) is 2.94. The molecule has 1 heterocycles. The molecule has 0 aliphatic carbocycles. The summed E-state index contributed by atoms with van der Waals surface area (Å²) in [5, 5.41) is 2.52. The average molecular weight is 394 g/mol. The molecule has 3 rings (SSSR count). The number of hydrogen-bond acceptors (Lipinski definition) is 6. The summed E-state index contributed by atoms with van der Waals surface area (Å²) >= 11 is 1.39. The minimum Gasteiger partial charge on any atom is -0.493 e. The van der Waals surface area contributed by atoms with Crippen LogP contribution in [0.3, 0.4) is 0 Å². The molecule has 0 aromatic heterocycles. The number of benzene rings is 2. The van der Waals surface area contributed by atoms with E-state index in [1.54, 1.807) is 25.1 Å². The first kappa shape index (κ1) is 18.4. The minimum absolute atomic E-state index is 0.0569. The molecule has 26 heavy (non-hydrogen) atoms. The number of hydrogen-bond donors (Lipinski definition) is 2. The Balaban J connectivity index is 1.89. The van der Waals surface area contributed by atoms with E-state index in [0.717, 1.165) is 4.90 Å². The number of rotatable bonds is 5. The van der Waals surface area contributed by atoms with Crippen molar-refractivity contribution < 1.29 is 22.7 Å². The fourth-order valence-corrected chi connectivity index (χ4v) is 4.47. The number of nitrogens with one attached hydrogen (secondary N) is 2. The van der Waals surface area contributed by atoms with Gasteiger partial charge in [-0.15, -0.1) is 11.8 Å². The zero-order valence-electron chi connectivity index (χ0n) is 14.4. The topological polar surface area (TPSA) is 93.7 Å². The van der Waals surface area contributed by atoms with Crippen LogP contribution in [0.5, 0.6) is 11.5 Å². The van der Waals surface area contributed by atoms with Crippen molar-refractivity contribution in [3.05, 3.63) is 36.4 Å². The number of carbonyl (C=O) groups is 1. The molecule has 0 saturated carbocycles. The molecule has 0 spiro atoms. The lowest BCUT2D eigenvalue weighted by atomic mass is 10.3. The largest absolute Gasteiger partial charge is 0.493 e. The second-order valence-electron chi connectivity index (χ2n) is 5.58. The SMILES string of the molecule is COc1ccc(NS(=O)(=O)c2ccc3c(c2)NC(=O)C(C)S3)cc1OC. The van der Waals surface area contributed by atoms with Gasteiger partial charge in [0.1, 0.15) is 0 Å². The van der Waals surface area contributed by atoms with Gasteiger partial charge < -0.3 is 14.8 Å². The van der Waals surface area contributed by atoms with Gasteiger partial charge in [-0.05, 0) is 37.3 Å². The average Bonchev–Trinajstić information content (AvgIpc) is 2.61. The summed E-state index contributed by atoms with van der Waals surface area (Å²) < 4.78 is 38.2. The molecule has 138 valence electrons. The van der Waals surface area contributed by atoms with Crippen LogP contribution in [0.1, 0.15) is 6.92 Å². The number of methoxy groups -OCH3 is 2. The fraction of sp³-hybridized carbons (Fsp3) is 0.235. The standard InChI is InChI=1S/C17H18N2O5S2/c1-10-17(20)18-13-9-12(5-7-16(13)25-10)26(21,22)19-11-4-6-14(23-2)15(8-11)24-3/h4-10,19H,1-3H3,(H,18,20). The first-order valence-electron chi connectivity index (χ1n) is 7.70. The number of carbonyl (C=O) groups excluding carboxylic acids is 1. The highest BCUT2D eigenvalue weighted by Crippen LogP contribution is 2.37. The number of anilines is 2. The van der Waals surface area contributed by atoms with Crippen molar-refractivity contribution in [3.63, 3.8) is 0 Å². The molecular formula is C17H18N2O5S2. The molecule has 2 N–H and O–H groups in total. The molecule has 1 amide bonds. The highest BCUT2D eigenvalue weighted by molar-refractivity contribution is 8.01. The smallest absolute Gasteiger partial charge is 0.261 e. The summed E-state index contributed by atoms with van der Waals surface area (Å²) in [6, 6.07) is 9.39. The van der Waals surface area contributed by atoms with Crippen LogP contribution in [-0.4, -0.2) is 33.8 Å². The third-order valence-corrected chi connectivity index (χ3v) is 6.38. The lowest BCUT2D eigenvalue weighted by molar-refractivity contribution is -0.115. The maximum atomic E-state index is 12.7. The Hall–Kier alpha value is -2.39. The summed E-state index contributed by atoms with van der Waals surface area (Å²) in [5.41, 5.74) is 0.834. The van der Waals surface area contributed by atoms with Crippen LogP contribution in [0.4, 0.5) is 11.4 Å². The molecule has 9 heteroatoms. The van der Waals surface area contributed by atoms with Gasteiger partial charge in [-0.25, -0.2) is 8.42 Å². The molecule has 0 radical (unpaired) electrons. The van der Waals surface area contributed by atoms with E-state index >= 15 is 0 Å². The van der Waals surface area contributed by atoms with Gasteiger partial charge in [-0.1, -0.05) is 0 Å². The number of fused-ring (bicyclic) bond motifs is 1. The Bertz CT molecular complexity index is 960. The van der Waals surface area contributed by atoms with Crippen LogP contribution in [-0.2, 0) is 14.8 Å². The van der Waals surface area contributed by atoms with E-state index in [4.69, 9.17) is 9.47 Å². The van der Waals surface area contributed by atoms with Gasteiger partial charge in [0.25, 0.3) is 10.0 Å². The van der Waals surface area contributed by atoms with Crippen molar-refractivity contribution in [2.45, 2.75) is 22.0 Å². The van der Waals surface area contributed by atoms with Crippen molar-refractivity contribution in [1.29, 1.82) is 0 Å². The molecule has 0 fully saturated rings. The summed E-state index contributed by atoms with van der Waals surface area (Å²) in [5.74, 6) is 0.763. The highest BCUT2D eigenvalue weighted by atomic mass is 32.2. The van der Waals surface area contributed by atoms with Crippen molar-refractivity contribution in [1.82, 2.24) is 0 Å². The molecule has 2 aromatic carbocycles. The molecule has 0 bridgehead atoms. The van der Waals surface area contributed by atoms with E-state index in [0.29, 0.717) is 22.9 Å². The van der Waals surface area contributed by atoms with Crippen molar-refractivity contribution in [2.24, 2.45) is 0 Å². The van der Waals surface area contributed by atoms with Crippen LogP contribution < -0.4 is 19.5 Å². The second-order valence-corrected chi connectivity index (χ2v) is 8.65. The molecule has 1 atom stereocenters. The number of sulfonamides is 1. The van der Waals surface area contributed by atoms with Crippen LogP contribution >= 0.6 is 11.8 Å². The summed E-state index contributed by atoms with van der Waals surface area (Å²) in [7, 11) is -0.854. The monoisotopic (exact) mass is 394 g/mol. The molecule has 0 saturated heterocycles. The van der Waals surface area contributed by atoms with Gasteiger partial charge >= 0.3 is 0 Å². The maximum absolute atomic E-state index is 12.7. The third kappa shape index (κ3) is 3.58. The first-order valence-corrected chi connectivity index (χ1v) is 10.1. The van der Waals surface area contributed by atoms with Gasteiger partial charge in [0, 0.05) is 11.0 Å². The molecular weight excluding hydrogens is 376 g/mol. The molecule has 2 aromatic rings. The zero-order chi connectivity index (χ0) is 18.9. The van der Waals surface area contributed by atoms with Crippen molar-refractivity contribution in [2.75, 3.05) is 24.3 Å². The zero-order valence-corrected chi connectivity index (χ0v) is 16.0. The summed E-state index contributed by atoms with van der Waals surface area (Å²) in [6.07, 6.45) is 0. The van der Waals surface area contributed by atoms with E-state index in [-0.39, 0.29) is 16.1 Å². The van der Waals surface area contributed by atoms with E-state index in [9.17, 15) is 13.2 Å². The van der Waals surface area contributed by atoms with E-state index in [1.165, 1.54) is 44.2 Å². The molecule has 1 aliphatic rings. The Morgan fingerprint density at radius 3 is 2.50 bits per heavy atom. The lowest BCUT2D eigenvalue weighted by Crippen LogP contribution is -2.26. The van der Waals surface area contributed by atoms with Crippen LogP contribution in [0, 0.1) is 0 Å². The second kappa shape index (κ2) is 7.08. The molecule has 1 aliphatic heterocycles. The summed E-state index contributed by atoms with van der Waals surface area (Å²) in [6.45, 7) is 1.80. The molecule has 7 nitrogen and oxygen atoms in total. The van der Waals surface area contributed by atoms with Gasteiger partial charge in [0.15, 0.2) is 11.5 Å². The molecule has 1 unspecified atom stereocenters. The minimum atomic E-state index is -3.83. The maximum Gasteiger partial charge on any atom is 0.261 e. The van der Waals surface area contributed by atoms with Gasteiger partial charge in [0.05, 0.1) is 35.7 Å².